The van der Waals surface area contributed by atoms with Gasteiger partial charge >= 0.3 is 12.0 Å². The normalized spacial score (nSPS) is 21.9. The third kappa shape index (κ3) is 5.02. The minimum atomic E-state index is 0.199. The number of ether oxygens (including phenoxy) is 2. The lowest BCUT2D eigenvalue weighted by Crippen LogP contribution is -2.25. The molecule has 1 aromatic rings. The zero-order valence-corrected chi connectivity index (χ0v) is 13.3. The average Bonchev–Trinajstić information content (AvgIpc) is 2.45. The molecule has 21 heavy (non-hydrogen) atoms. The van der Waals surface area contributed by atoms with Crippen molar-refractivity contribution in [2.24, 2.45) is 5.92 Å². The maximum Gasteiger partial charge on any atom is 0.324 e. The van der Waals surface area contributed by atoms with Crippen LogP contribution < -0.4 is 14.8 Å². The molecule has 0 amide bonds. The summed E-state index contributed by atoms with van der Waals surface area (Å²) in [6.07, 6.45) is 5.73. The lowest BCUT2D eigenvalue weighted by Gasteiger charge is -2.26. The fourth-order valence-corrected chi connectivity index (χ4v) is 2.52. The van der Waals surface area contributed by atoms with Crippen LogP contribution in [0.2, 0.25) is 0 Å². The van der Waals surface area contributed by atoms with E-state index >= 15 is 0 Å². The minimum absolute atomic E-state index is 0.199. The quantitative estimate of drug-likeness (QED) is 0.833. The SMILES string of the molecule is CCCOc1nc(NCC)nc(OC2CCCC(C)C2)n1. The zero-order valence-electron chi connectivity index (χ0n) is 13.3. The van der Waals surface area contributed by atoms with Gasteiger partial charge in [-0.1, -0.05) is 20.3 Å². The van der Waals surface area contributed by atoms with E-state index in [-0.39, 0.29) is 6.10 Å². The molecule has 1 fully saturated rings. The third-order valence-electron chi connectivity index (χ3n) is 3.52. The Morgan fingerprint density at radius 2 is 1.95 bits per heavy atom. The first-order chi connectivity index (χ1) is 10.2. The Morgan fingerprint density at radius 1 is 1.14 bits per heavy atom. The van der Waals surface area contributed by atoms with Gasteiger partial charge in [0.05, 0.1) is 6.61 Å². The minimum Gasteiger partial charge on any atom is -0.463 e. The van der Waals surface area contributed by atoms with Gasteiger partial charge in [-0.15, -0.1) is 4.98 Å². The maximum absolute atomic E-state index is 5.95. The van der Waals surface area contributed by atoms with Gasteiger partial charge in [-0.3, -0.25) is 0 Å². The van der Waals surface area contributed by atoms with Gasteiger partial charge in [0.25, 0.3) is 0 Å². The van der Waals surface area contributed by atoms with Gasteiger partial charge in [0.1, 0.15) is 6.10 Å². The molecule has 0 aliphatic heterocycles. The molecule has 0 spiro atoms. The second-order valence-electron chi connectivity index (χ2n) is 5.61. The zero-order chi connectivity index (χ0) is 15.1. The van der Waals surface area contributed by atoms with Crippen LogP contribution in [0.4, 0.5) is 5.95 Å². The van der Waals surface area contributed by atoms with E-state index in [2.05, 4.69) is 27.2 Å². The predicted octanol–water partition coefficient (Wildman–Crippen LogP) is 3.05. The van der Waals surface area contributed by atoms with Crippen LogP contribution in [0.5, 0.6) is 12.0 Å². The molecule has 2 rings (SSSR count). The summed E-state index contributed by atoms with van der Waals surface area (Å²) in [5.74, 6) is 1.21. The molecule has 0 radical (unpaired) electrons. The van der Waals surface area contributed by atoms with Gasteiger partial charge < -0.3 is 14.8 Å². The number of aromatic nitrogens is 3. The molecule has 1 saturated carbocycles. The van der Waals surface area contributed by atoms with Crippen LogP contribution in [0.3, 0.4) is 0 Å². The van der Waals surface area contributed by atoms with Crippen molar-refractivity contribution >= 4 is 5.95 Å². The van der Waals surface area contributed by atoms with Crippen LogP contribution in [0.15, 0.2) is 0 Å². The Morgan fingerprint density at radius 3 is 2.67 bits per heavy atom. The van der Waals surface area contributed by atoms with Crippen molar-refractivity contribution in [2.75, 3.05) is 18.5 Å². The van der Waals surface area contributed by atoms with E-state index in [1.54, 1.807) is 0 Å². The Labute approximate surface area is 126 Å². The van der Waals surface area contributed by atoms with Gasteiger partial charge in [-0.2, -0.15) is 9.97 Å². The van der Waals surface area contributed by atoms with E-state index in [1.165, 1.54) is 12.8 Å². The summed E-state index contributed by atoms with van der Waals surface area (Å²) in [7, 11) is 0. The smallest absolute Gasteiger partial charge is 0.324 e. The van der Waals surface area contributed by atoms with E-state index in [0.29, 0.717) is 30.5 Å². The number of nitrogens with zero attached hydrogens (tertiary/aromatic N) is 3. The van der Waals surface area contributed by atoms with Gasteiger partial charge in [-0.05, 0) is 38.5 Å². The van der Waals surface area contributed by atoms with Gasteiger partial charge in [0.2, 0.25) is 5.95 Å². The maximum atomic E-state index is 5.95. The first-order valence-corrected chi connectivity index (χ1v) is 8.00. The fourth-order valence-electron chi connectivity index (χ4n) is 2.52. The summed E-state index contributed by atoms with van der Waals surface area (Å²) < 4.78 is 11.5. The molecular formula is C15H26N4O2. The van der Waals surface area contributed by atoms with Crippen LogP contribution in [0.25, 0.3) is 0 Å². The number of nitrogens with one attached hydrogen (secondary N) is 1. The molecule has 1 aliphatic carbocycles. The van der Waals surface area contributed by atoms with Crippen LogP contribution in [-0.4, -0.2) is 34.2 Å². The van der Waals surface area contributed by atoms with Crippen molar-refractivity contribution < 1.29 is 9.47 Å². The standard InChI is InChI=1S/C15H26N4O2/c1-4-9-20-14-17-13(16-5-2)18-15(19-14)21-12-8-6-7-11(3)10-12/h11-12H,4-10H2,1-3H3,(H,16,17,18,19). The Hall–Kier alpha value is -1.59. The summed E-state index contributed by atoms with van der Waals surface area (Å²) in [6.45, 7) is 7.66. The third-order valence-corrected chi connectivity index (χ3v) is 3.52. The topological polar surface area (TPSA) is 69.2 Å². The molecule has 1 heterocycles. The summed E-state index contributed by atoms with van der Waals surface area (Å²) in [6, 6.07) is 0.702. The molecule has 6 nitrogen and oxygen atoms in total. The second kappa shape index (κ2) is 8.00. The molecule has 0 saturated heterocycles. The van der Waals surface area contributed by atoms with Crippen LogP contribution in [0.1, 0.15) is 52.9 Å². The Kier molecular flexibility index (Phi) is 6.02. The highest BCUT2D eigenvalue weighted by Gasteiger charge is 2.22. The van der Waals surface area contributed by atoms with Gasteiger partial charge in [0.15, 0.2) is 0 Å². The molecule has 1 aromatic heterocycles. The number of hydrogen-bond acceptors (Lipinski definition) is 6. The molecule has 0 bridgehead atoms. The fraction of sp³-hybridized carbons (Fsp3) is 0.800. The highest BCUT2D eigenvalue weighted by molar-refractivity contribution is 5.27. The Bertz CT molecular complexity index is 442. The van der Waals surface area contributed by atoms with Crippen LogP contribution in [-0.2, 0) is 0 Å². The summed E-state index contributed by atoms with van der Waals surface area (Å²) >= 11 is 0. The van der Waals surface area contributed by atoms with E-state index < -0.39 is 0 Å². The van der Waals surface area contributed by atoms with Crippen LogP contribution in [0, 0.1) is 5.92 Å². The summed E-state index contributed by atoms with van der Waals surface area (Å²) in [4.78, 5) is 12.8. The largest absolute Gasteiger partial charge is 0.463 e. The van der Waals surface area contributed by atoms with Crippen LogP contribution >= 0.6 is 0 Å². The number of hydrogen-bond donors (Lipinski definition) is 1. The molecule has 0 aromatic carbocycles. The Balaban J connectivity index is 2.06. The summed E-state index contributed by atoms with van der Waals surface area (Å²) in [5, 5.41) is 3.09. The number of rotatable bonds is 7. The summed E-state index contributed by atoms with van der Waals surface area (Å²) in [5.41, 5.74) is 0. The highest BCUT2D eigenvalue weighted by Crippen LogP contribution is 2.26. The molecule has 6 heteroatoms. The molecular weight excluding hydrogens is 268 g/mol. The lowest BCUT2D eigenvalue weighted by molar-refractivity contribution is 0.116. The molecule has 118 valence electrons. The van der Waals surface area contributed by atoms with Gasteiger partial charge in [-0.25, -0.2) is 0 Å². The first-order valence-electron chi connectivity index (χ1n) is 8.00. The monoisotopic (exact) mass is 294 g/mol. The second-order valence-corrected chi connectivity index (χ2v) is 5.61. The molecule has 1 aliphatic rings. The van der Waals surface area contributed by atoms with Gasteiger partial charge in [0, 0.05) is 6.54 Å². The van der Waals surface area contributed by atoms with E-state index in [9.17, 15) is 0 Å². The van der Waals surface area contributed by atoms with E-state index in [4.69, 9.17) is 9.47 Å². The molecule has 2 atom stereocenters. The average molecular weight is 294 g/mol. The lowest BCUT2D eigenvalue weighted by atomic mass is 9.89. The van der Waals surface area contributed by atoms with Crippen molar-refractivity contribution in [3.8, 4) is 12.0 Å². The molecule has 2 unspecified atom stereocenters. The molecule has 1 N–H and O–H groups in total. The number of anilines is 1. The van der Waals surface area contributed by atoms with Crippen molar-refractivity contribution in [1.82, 2.24) is 15.0 Å². The highest BCUT2D eigenvalue weighted by atomic mass is 16.5. The first kappa shape index (κ1) is 15.8. The van der Waals surface area contributed by atoms with E-state index in [1.807, 2.05) is 13.8 Å². The van der Waals surface area contributed by atoms with Crippen molar-refractivity contribution in [1.29, 1.82) is 0 Å². The van der Waals surface area contributed by atoms with Crippen molar-refractivity contribution in [3.05, 3.63) is 0 Å². The van der Waals surface area contributed by atoms with E-state index in [0.717, 1.165) is 25.8 Å². The van der Waals surface area contributed by atoms with Crippen molar-refractivity contribution in [3.63, 3.8) is 0 Å². The predicted molar refractivity (Wildman–Crippen MR) is 81.8 cm³/mol. The van der Waals surface area contributed by atoms with Crippen molar-refractivity contribution in [2.45, 2.75) is 59.0 Å².